The quantitative estimate of drug-likeness (QED) is 0.879. The Hall–Kier alpha value is -2.56. The Balaban J connectivity index is 1.82. The first kappa shape index (κ1) is 13.9. The third kappa shape index (κ3) is 4.28. The maximum absolute atomic E-state index is 11.7. The highest BCUT2D eigenvalue weighted by molar-refractivity contribution is 5.88. The highest BCUT2D eigenvalue weighted by Gasteiger charge is 2.02. The molecule has 20 heavy (non-hydrogen) atoms. The second-order valence-electron chi connectivity index (χ2n) is 4.11. The second-order valence-corrected chi connectivity index (χ2v) is 4.11. The molecule has 5 nitrogen and oxygen atoms in total. The van der Waals surface area contributed by atoms with E-state index in [-0.39, 0.29) is 6.03 Å². The van der Waals surface area contributed by atoms with E-state index in [0.29, 0.717) is 24.7 Å². The average molecular weight is 271 g/mol. The number of urea groups is 1. The number of rotatable bonds is 5. The molecule has 0 bridgehead atoms. The van der Waals surface area contributed by atoms with Crippen LogP contribution < -0.4 is 15.4 Å². The van der Waals surface area contributed by atoms with Crippen molar-refractivity contribution < 1.29 is 9.53 Å². The van der Waals surface area contributed by atoms with Crippen LogP contribution in [-0.4, -0.2) is 17.6 Å². The zero-order valence-corrected chi connectivity index (χ0v) is 11.3. The SMILES string of the molecule is CCOc1ccc(NC(=O)NCc2ccccc2)cn1. The maximum atomic E-state index is 11.7. The summed E-state index contributed by atoms with van der Waals surface area (Å²) < 4.78 is 5.23. The molecule has 2 aromatic rings. The van der Waals surface area contributed by atoms with Gasteiger partial charge in [0, 0.05) is 12.6 Å². The number of amides is 2. The van der Waals surface area contributed by atoms with Crippen LogP contribution in [0.5, 0.6) is 5.88 Å². The summed E-state index contributed by atoms with van der Waals surface area (Å²) in [5.74, 6) is 0.544. The van der Waals surface area contributed by atoms with Crippen molar-refractivity contribution in [3.63, 3.8) is 0 Å². The zero-order valence-electron chi connectivity index (χ0n) is 11.3. The van der Waals surface area contributed by atoms with Crippen molar-refractivity contribution in [3.8, 4) is 5.88 Å². The number of nitrogens with zero attached hydrogens (tertiary/aromatic N) is 1. The van der Waals surface area contributed by atoms with Gasteiger partial charge in [0.2, 0.25) is 5.88 Å². The Labute approximate surface area is 118 Å². The number of hydrogen-bond acceptors (Lipinski definition) is 3. The lowest BCUT2D eigenvalue weighted by Gasteiger charge is -2.08. The molecule has 5 heteroatoms. The molecule has 0 saturated carbocycles. The number of benzene rings is 1. The molecule has 1 heterocycles. The highest BCUT2D eigenvalue weighted by atomic mass is 16.5. The molecule has 1 aromatic carbocycles. The van der Waals surface area contributed by atoms with Crippen LogP contribution in [0, 0.1) is 0 Å². The minimum absolute atomic E-state index is 0.264. The molecular weight excluding hydrogens is 254 g/mol. The van der Waals surface area contributed by atoms with Gasteiger partial charge in [-0.05, 0) is 18.6 Å². The first-order valence-corrected chi connectivity index (χ1v) is 6.45. The molecular formula is C15H17N3O2. The number of carbonyl (C=O) groups is 1. The standard InChI is InChI=1S/C15H17N3O2/c1-2-20-14-9-8-13(11-16-14)18-15(19)17-10-12-6-4-3-5-7-12/h3-9,11H,2,10H2,1H3,(H2,17,18,19). The summed E-state index contributed by atoms with van der Waals surface area (Å²) in [5, 5.41) is 5.49. The van der Waals surface area contributed by atoms with Crippen LogP contribution >= 0.6 is 0 Å². The van der Waals surface area contributed by atoms with Gasteiger partial charge in [0.1, 0.15) is 0 Å². The summed E-state index contributed by atoms with van der Waals surface area (Å²) in [5.41, 5.74) is 1.67. The number of pyridine rings is 1. The van der Waals surface area contributed by atoms with Gasteiger partial charge in [-0.1, -0.05) is 30.3 Å². The van der Waals surface area contributed by atoms with Gasteiger partial charge in [-0.15, -0.1) is 0 Å². The molecule has 0 saturated heterocycles. The van der Waals surface area contributed by atoms with Gasteiger partial charge in [-0.2, -0.15) is 0 Å². The molecule has 0 aliphatic heterocycles. The number of carbonyl (C=O) groups excluding carboxylic acids is 1. The summed E-state index contributed by atoms with van der Waals surface area (Å²) in [4.78, 5) is 15.8. The van der Waals surface area contributed by atoms with E-state index in [1.54, 1.807) is 18.3 Å². The van der Waals surface area contributed by atoms with Gasteiger partial charge in [-0.3, -0.25) is 0 Å². The van der Waals surface area contributed by atoms with E-state index >= 15 is 0 Å². The first-order valence-electron chi connectivity index (χ1n) is 6.45. The fraction of sp³-hybridized carbons (Fsp3) is 0.200. The molecule has 0 unspecified atom stereocenters. The lowest BCUT2D eigenvalue weighted by atomic mass is 10.2. The third-order valence-corrected chi connectivity index (χ3v) is 2.58. The number of anilines is 1. The minimum Gasteiger partial charge on any atom is -0.478 e. The molecule has 2 amide bonds. The van der Waals surface area contributed by atoms with E-state index in [0.717, 1.165) is 5.56 Å². The van der Waals surface area contributed by atoms with Gasteiger partial charge in [0.15, 0.2) is 0 Å². The van der Waals surface area contributed by atoms with Crippen molar-refractivity contribution in [2.75, 3.05) is 11.9 Å². The molecule has 0 aliphatic carbocycles. The Morgan fingerprint density at radius 1 is 1.20 bits per heavy atom. The monoisotopic (exact) mass is 271 g/mol. The van der Waals surface area contributed by atoms with E-state index in [1.807, 2.05) is 37.3 Å². The molecule has 0 fully saturated rings. The number of hydrogen-bond donors (Lipinski definition) is 2. The molecule has 0 radical (unpaired) electrons. The van der Waals surface area contributed by atoms with Gasteiger partial charge >= 0.3 is 6.03 Å². The molecule has 0 aliphatic rings. The van der Waals surface area contributed by atoms with Crippen molar-refractivity contribution >= 4 is 11.7 Å². The predicted molar refractivity (Wildman–Crippen MR) is 77.7 cm³/mol. The van der Waals surface area contributed by atoms with Gasteiger partial charge in [0.05, 0.1) is 18.5 Å². The summed E-state index contributed by atoms with van der Waals surface area (Å²) in [6, 6.07) is 12.9. The Morgan fingerprint density at radius 3 is 2.65 bits per heavy atom. The van der Waals surface area contributed by atoms with Crippen molar-refractivity contribution in [1.29, 1.82) is 0 Å². The summed E-state index contributed by atoms with van der Waals surface area (Å²) in [7, 11) is 0. The molecule has 1 aromatic heterocycles. The van der Waals surface area contributed by atoms with Crippen molar-refractivity contribution in [2.45, 2.75) is 13.5 Å². The van der Waals surface area contributed by atoms with Crippen molar-refractivity contribution in [3.05, 3.63) is 54.2 Å². The highest BCUT2D eigenvalue weighted by Crippen LogP contribution is 2.11. The summed E-state index contributed by atoms with van der Waals surface area (Å²) >= 11 is 0. The average Bonchev–Trinajstić information content (AvgIpc) is 2.49. The summed E-state index contributed by atoms with van der Waals surface area (Å²) in [6.07, 6.45) is 1.56. The lowest BCUT2D eigenvalue weighted by molar-refractivity contribution is 0.251. The fourth-order valence-electron chi connectivity index (χ4n) is 1.64. The van der Waals surface area contributed by atoms with Crippen molar-refractivity contribution in [2.24, 2.45) is 0 Å². The van der Waals surface area contributed by atoms with E-state index in [1.165, 1.54) is 0 Å². The Kier molecular flexibility index (Phi) is 4.94. The van der Waals surface area contributed by atoms with Crippen LogP contribution in [0.3, 0.4) is 0 Å². The smallest absolute Gasteiger partial charge is 0.319 e. The van der Waals surface area contributed by atoms with Crippen LogP contribution in [0.25, 0.3) is 0 Å². The second kappa shape index (κ2) is 7.13. The van der Waals surface area contributed by atoms with Crippen molar-refractivity contribution in [1.82, 2.24) is 10.3 Å². The van der Waals surface area contributed by atoms with Gasteiger partial charge in [-0.25, -0.2) is 9.78 Å². The minimum atomic E-state index is -0.264. The predicted octanol–water partition coefficient (Wildman–Crippen LogP) is 2.80. The first-order chi connectivity index (χ1) is 9.78. The molecule has 2 N–H and O–H groups in total. The van der Waals surface area contributed by atoms with Crippen LogP contribution in [0.4, 0.5) is 10.5 Å². The fourth-order valence-corrected chi connectivity index (χ4v) is 1.64. The molecule has 2 rings (SSSR count). The maximum Gasteiger partial charge on any atom is 0.319 e. The Morgan fingerprint density at radius 2 is 2.00 bits per heavy atom. The van der Waals surface area contributed by atoms with E-state index in [4.69, 9.17) is 4.74 Å². The van der Waals surface area contributed by atoms with E-state index < -0.39 is 0 Å². The Bertz CT molecular complexity index is 541. The third-order valence-electron chi connectivity index (χ3n) is 2.58. The molecule has 0 atom stereocenters. The van der Waals surface area contributed by atoms with E-state index in [9.17, 15) is 4.79 Å². The molecule has 104 valence electrons. The normalized spacial score (nSPS) is 9.85. The number of ether oxygens (including phenoxy) is 1. The number of aromatic nitrogens is 1. The lowest BCUT2D eigenvalue weighted by Crippen LogP contribution is -2.28. The van der Waals surface area contributed by atoms with Crippen LogP contribution in [0.15, 0.2) is 48.7 Å². The number of nitrogens with one attached hydrogen (secondary N) is 2. The van der Waals surface area contributed by atoms with Crippen LogP contribution in [0.1, 0.15) is 12.5 Å². The van der Waals surface area contributed by atoms with Crippen LogP contribution in [0.2, 0.25) is 0 Å². The largest absolute Gasteiger partial charge is 0.478 e. The zero-order chi connectivity index (χ0) is 14.2. The van der Waals surface area contributed by atoms with E-state index in [2.05, 4.69) is 15.6 Å². The van der Waals surface area contributed by atoms with Crippen LogP contribution in [-0.2, 0) is 6.54 Å². The summed E-state index contributed by atoms with van der Waals surface area (Å²) in [6.45, 7) is 2.94. The molecule has 0 spiro atoms. The topological polar surface area (TPSA) is 63.2 Å². The van der Waals surface area contributed by atoms with Gasteiger partial charge in [0.25, 0.3) is 0 Å². The van der Waals surface area contributed by atoms with Gasteiger partial charge < -0.3 is 15.4 Å².